The molecule has 8 heteroatoms. The molecular formula is C18H27N3O4S. The van der Waals surface area contributed by atoms with Gasteiger partial charge in [0.25, 0.3) is 10.2 Å². The van der Waals surface area contributed by atoms with Gasteiger partial charge in [0.05, 0.1) is 19.1 Å². The first kappa shape index (κ1) is 19.3. The molecular weight excluding hydrogens is 354 g/mol. The number of nitrogens with one attached hydrogen (secondary N) is 1. The summed E-state index contributed by atoms with van der Waals surface area (Å²) in [5.41, 5.74) is 2.21. The van der Waals surface area contributed by atoms with Gasteiger partial charge in [-0.1, -0.05) is 24.3 Å². The average Bonchev–Trinajstić information content (AvgIpc) is 2.68. The van der Waals surface area contributed by atoms with Gasteiger partial charge in [-0.3, -0.25) is 4.79 Å². The molecule has 1 atom stereocenters. The van der Waals surface area contributed by atoms with E-state index in [2.05, 4.69) is 5.32 Å². The minimum atomic E-state index is -3.52. The maximum atomic E-state index is 12.8. The van der Waals surface area contributed by atoms with E-state index in [1.165, 1.54) is 8.61 Å². The van der Waals surface area contributed by atoms with Crippen LogP contribution in [0.5, 0.6) is 0 Å². The molecule has 2 fully saturated rings. The van der Waals surface area contributed by atoms with Crippen molar-refractivity contribution in [3.05, 3.63) is 35.4 Å². The predicted octanol–water partition coefficient (Wildman–Crippen LogP) is 0.900. The number of carbonyl (C=O) groups excluding carboxylic acids is 1. The van der Waals surface area contributed by atoms with Gasteiger partial charge in [0.15, 0.2) is 0 Å². The molecule has 1 aromatic carbocycles. The van der Waals surface area contributed by atoms with E-state index in [0.717, 1.165) is 17.5 Å². The highest BCUT2D eigenvalue weighted by Crippen LogP contribution is 2.22. The topological polar surface area (TPSA) is 79.0 Å². The minimum Gasteiger partial charge on any atom is -0.379 e. The summed E-state index contributed by atoms with van der Waals surface area (Å²) in [6, 6.07) is 7.92. The van der Waals surface area contributed by atoms with Crippen LogP contribution >= 0.6 is 0 Å². The van der Waals surface area contributed by atoms with Gasteiger partial charge in [-0.15, -0.1) is 0 Å². The van der Waals surface area contributed by atoms with E-state index < -0.39 is 10.2 Å². The molecule has 2 saturated heterocycles. The lowest BCUT2D eigenvalue weighted by Gasteiger charge is -2.36. The van der Waals surface area contributed by atoms with E-state index in [1.54, 1.807) is 0 Å². The van der Waals surface area contributed by atoms with Crippen molar-refractivity contribution in [2.24, 2.45) is 5.92 Å². The Kier molecular flexibility index (Phi) is 6.29. The summed E-state index contributed by atoms with van der Waals surface area (Å²) in [5.74, 6) is -0.376. The number of ether oxygens (including phenoxy) is 1. The lowest BCUT2D eigenvalue weighted by Crippen LogP contribution is -2.52. The van der Waals surface area contributed by atoms with Crippen molar-refractivity contribution >= 4 is 16.1 Å². The van der Waals surface area contributed by atoms with Crippen molar-refractivity contribution in [3.8, 4) is 0 Å². The van der Waals surface area contributed by atoms with E-state index in [4.69, 9.17) is 4.74 Å². The normalized spacial score (nSPS) is 22.9. The zero-order valence-electron chi connectivity index (χ0n) is 15.2. The second-order valence-corrected chi connectivity index (χ2v) is 8.79. The number of carbonyl (C=O) groups is 1. The highest BCUT2D eigenvalue weighted by molar-refractivity contribution is 7.86. The maximum absolute atomic E-state index is 12.8. The van der Waals surface area contributed by atoms with Crippen LogP contribution in [-0.2, 0) is 26.3 Å². The molecule has 144 valence electrons. The molecule has 0 aliphatic carbocycles. The summed E-state index contributed by atoms with van der Waals surface area (Å²) in [6.45, 7) is 4.81. The number of morpholine rings is 1. The van der Waals surface area contributed by atoms with Crippen LogP contribution < -0.4 is 5.32 Å². The Morgan fingerprint density at radius 2 is 1.92 bits per heavy atom. The van der Waals surface area contributed by atoms with Crippen molar-refractivity contribution < 1.29 is 17.9 Å². The largest absolute Gasteiger partial charge is 0.379 e. The lowest BCUT2D eigenvalue weighted by atomic mass is 9.98. The van der Waals surface area contributed by atoms with E-state index in [0.29, 0.717) is 45.8 Å². The Labute approximate surface area is 155 Å². The quantitative estimate of drug-likeness (QED) is 0.822. The van der Waals surface area contributed by atoms with Gasteiger partial charge in [0.1, 0.15) is 0 Å². The molecule has 2 heterocycles. The fourth-order valence-corrected chi connectivity index (χ4v) is 5.11. The number of benzene rings is 1. The van der Waals surface area contributed by atoms with Crippen LogP contribution in [0, 0.1) is 12.8 Å². The van der Waals surface area contributed by atoms with Crippen LogP contribution in [0.2, 0.25) is 0 Å². The van der Waals surface area contributed by atoms with Crippen LogP contribution in [0.1, 0.15) is 24.0 Å². The first-order valence-electron chi connectivity index (χ1n) is 9.13. The summed E-state index contributed by atoms with van der Waals surface area (Å²) >= 11 is 0. The molecule has 7 nitrogen and oxygen atoms in total. The summed E-state index contributed by atoms with van der Waals surface area (Å²) < 4.78 is 33.8. The van der Waals surface area contributed by atoms with Crippen LogP contribution in [-0.4, -0.2) is 62.3 Å². The van der Waals surface area contributed by atoms with Gasteiger partial charge in [-0.25, -0.2) is 0 Å². The maximum Gasteiger partial charge on any atom is 0.282 e. The van der Waals surface area contributed by atoms with Crippen LogP contribution in [0.25, 0.3) is 0 Å². The van der Waals surface area contributed by atoms with Crippen LogP contribution in [0.3, 0.4) is 0 Å². The van der Waals surface area contributed by atoms with Crippen molar-refractivity contribution in [1.82, 2.24) is 13.9 Å². The average molecular weight is 381 g/mol. The molecule has 2 aliphatic heterocycles. The van der Waals surface area contributed by atoms with Crippen molar-refractivity contribution in [3.63, 3.8) is 0 Å². The predicted molar refractivity (Wildman–Crippen MR) is 98.6 cm³/mol. The molecule has 0 bridgehead atoms. The molecule has 0 radical (unpaired) electrons. The molecule has 1 N–H and O–H groups in total. The Morgan fingerprint density at radius 1 is 1.19 bits per heavy atom. The third-order valence-electron chi connectivity index (χ3n) is 5.09. The second-order valence-electron chi connectivity index (χ2n) is 6.86. The zero-order chi connectivity index (χ0) is 18.6. The first-order chi connectivity index (χ1) is 12.5. The van der Waals surface area contributed by atoms with Gasteiger partial charge in [0, 0.05) is 32.7 Å². The van der Waals surface area contributed by atoms with E-state index >= 15 is 0 Å². The molecule has 3 rings (SSSR count). The van der Waals surface area contributed by atoms with E-state index in [9.17, 15) is 13.2 Å². The molecule has 2 aliphatic rings. The number of hydrogen-bond acceptors (Lipinski definition) is 4. The number of hydrogen-bond donors (Lipinski definition) is 1. The summed E-state index contributed by atoms with van der Waals surface area (Å²) in [4.78, 5) is 12.6. The second kappa shape index (κ2) is 8.47. The van der Waals surface area contributed by atoms with Gasteiger partial charge < -0.3 is 10.1 Å². The lowest BCUT2D eigenvalue weighted by molar-refractivity contribution is -0.126. The Balaban J connectivity index is 1.59. The number of nitrogens with zero attached hydrogens (tertiary/aromatic N) is 2. The first-order valence-corrected chi connectivity index (χ1v) is 10.5. The zero-order valence-corrected chi connectivity index (χ0v) is 16.0. The Hall–Kier alpha value is -1.48. The summed E-state index contributed by atoms with van der Waals surface area (Å²) in [6.07, 6.45) is 1.42. The molecule has 1 amide bonds. The van der Waals surface area contributed by atoms with Gasteiger partial charge >= 0.3 is 0 Å². The molecule has 0 aromatic heterocycles. The SMILES string of the molecule is Cc1ccccc1CNC(=O)C1CCCN(S(=O)(=O)N2CCOCC2)C1. The number of piperidine rings is 1. The smallest absolute Gasteiger partial charge is 0.282 e. The fraction of sp³-hybridized carbons (Fsp3) is 0.611. The standard InChI is InChI=1S/C18H27N3O4S/c1-15-5-2-3-6-16(15)13-19-18(22)17-7-4-8-21(14-17)26(23,24)20-9-11-25-12-10-20/h2-3,5-6,17H,4,7-14H2,1H3,(H,19,22). The number of amides is 1. The van der Waals surface area contributed by atoms with Gasteiger partial charge in [-0.05, 0) is 30.9 Å². The van der Waals surface area contributed by atoms with Crippen LogP contribution in [0.4, 0.5) is 0 Å². The fourth-order valence-electron chi connectivity index (χ4n) is 3.44. The van der Waals surface area contributed by atoms with Crippen molar-refractivity contribution in [2.75, 3.05) is 39.4 Å². The number of rotatable bonds is 5. The van der Waals surface area contributed by atoms with Gasteiger partial charge in [-0.2, -0.15) is 17.0 Å². The monoisotopic (exact) mass is 381 g/mol. The minimum absolute atomic E-state index is 0.0740. The third-order valence-corrected chi connectivity index (χ3v) is 7.09. The summed E-state index contributed by atoms with van der Waals surface area (Å²) in [5, 5.41) is 2.97. The van der Waals surface area contributed by atoms with Crippen molar-refractivity contribution in [1.29, 1.82) is 0 Å². The van der Waals surface area contributed by atoms with E-state index in [1.807, 2.05) is 31.2 Å². The Bertz CT molecular complexity index is 732. The molecule has 0 saturated carbocycles. The summed E-state index contributed by atoms with van der Waals surface area (Å²) in [7, 11) is -3.52. The molecule has 26 heavy (non-hydrogen) atoms. The van der Waals surface area contributed by atoms with Crippen LogP contribution in [0.15, 0.2) is 24.3 Å². The highest BCUT2D eigenvalue weighted by Gasteiger charge is 2.36. The Morgan fingerprint density at radius 3 is 2.65 bits per heavy atom. The van der Waals surface area contributed by atoms with E-state index in [-0.39, 0.29) is 18.4 Å². The van der Waals surface area contributed by atoms with Crippen molar-refractivity contribution in [2.45, 2.75) is 26.3 Å². The molecule has 1 unspecified atom stereocenters. The number of aryl methyl sites for hydroxylation is 1. The molecule has 1 aromatic rings. The molecule has 0 spiro atoms. The third kappa shape index (κ3) is 4.43. The highest BCUT2D eigenvalue weighted by atomic mass is 32.2. The van der Waals surface area contributed by atoms with Gasteiger partial charge in [0.2, 0.25) is 5.91 Å².